The van der Waals surface area contributed by atoms with Crippen LogP contribution in [-0.4, -0.2) is 24.4 Å². The molecule has 104 valence electrons. The molecule has 1 aliphatic rings. The lowest BCUT2D eigenvalue weighted by Crippen LogP contribution is -2.12. The first kappa shape index (κ1) is 13.1. The molecule has 0 radical (unpaired) electrons. The van der Waals surface area contributed by atoms with Crippen LogP contribution in [0.4, 0.5) is 5.00 Å². The molecule has 1 aliphatic heterocycles. The Hall–Kier alpha value is -1.88. The van der Waals surface area contributed by atoms with E-state index in [-0.39, 0.29) is 0 Å². The average molecular weight is 286 g/mol. The number of nitrogens with two attached hydrogens (primary N) is 1. The number of aliphatic imine (C=N–C) groups is 1. The maximum absolute atomic E-state index is 5.88. The lowest BCUT2D eigenvalue weighted by molar-refractivity contribution is 0.775. The van der Waals surface area contributed by atoms with Crippen LogP contribution < -0.4 is 11.1 Å². The van der Waals surface area contributed by atoms with Crippen molar-refractivity contribution in [1.82, 2.24) is 4.98 Å². The van der Waals surface area contributed by atoms with Gasteiger partial charge < -0.3 is 11.1 Å². The third-order valence-corrected chi connectivity index (χ3v) is 4.57. The zero-order valence-electron chi connectivity index (χ0n) is 11.5. The average Bonchev–Trinajstić information content (AvgIpc) is 2.78. The molecule has 2 aromatic rings. The number of nitrogens with one attached hydrogen (secondary N) is 1. The van der Waals surface area contributed by atoms with Gasteiger partial charge in [-0.3, -0.25) is 4.99 Å². The van der Waals surface area contributed by atoms with Gasteiger partial charge in [-0.05, 0) is 25.3 Å². The lowest BCUT2D eigenvalue weighted by atomic mass is 10.1. The first-order valence-electron chi connectivity index (χ1n) is 6.84. The number of amidine groups is 1. The van der Waals surface area contributed by atoms with Gasteiger partial charge in [-0.1, -0.05) is 29.5 Å². The van der Waals surface area contributed by atoms with E-state index >= 15 is 0 Å². The van der Waals surface area contributed by atoms with E-state index in [1.807, 2.05) is 12.1 Å². The van der Waals surface area contributed by atoms with E-state index in [1.165, 1.54) is 23.5 Å². The summed E-state index contributed by atoms with van der Waals surface area (Å²) in [7, 11) is 1.71. The molecule has 1 aromatic carbocycles. The number of rotatable bonds is 2. The zero-order valence-corrected chi connectivity index (χ0v) is 12.3. The molecule has 0 bridgehead atoms. The molecular weight excluding hydrogens is 268 g/mol. The topological polar surface area (TPSA) is 63.3 Å². The monoisotopic (exact) mass is 286 g/mol. The zero-order chi connectivity index (χ0) is 13.9. The number of benzene rings is 1. The molecule has 0 saturated heterocycles. The number of aryl methyl sites for hydroxylation is 1. The molecule has 0 aliphatic carbocycles. The van der Waals surface area contributed by atoms with Crippen molar-refractivity contribution in [3.05, 3.63) is 35.5 Å². The predicted molar refractivity (Wildman–Crippen MR) is 85.6 cm³/mol. The van der Waals surface area contributed by atoms with Crippen LogP contribution in [0.15, 0.2) is 29.3 Å². The smallest absolute Gasteiger partial charge is 0.125 e. The Bertz CT molecular complexity index is 622. The molecule has 2 heterocycles. The Morgan fingerprint density at radius 2 is 2.30 bits per heavy atom. The van der Waals surface area contributed by atoms with Crippen LogP contribution in [0.25, 0.3) is 10.6 Å². The summed E-state index contributed by atoms with van der Waals surface area (Å²) in [5.74, 6) is 0.558. The molecule has 0 fully saturated rings. The summed E-state index contributed by atoms with van der Waals surface area (Å²) in [6.45, 7) is 1.05. The molecule has 20 heavy (non-hydrogen) atoms. The molecule has 4 nitrogen and oxygen atoms in total. The van der Waals surface area contributed by atoms with Gasteiger partial charge >= 0.3 is 0 Å². The van der Waals surface area contributed by atoms with Crippen LogP contribution in [0.5, 0.6) is 0 Å². The molecule has 0 amide bonds. The van der Waals surface area contributed by atoms with Crippen LogP contribution >= 0.6 is 11.3 Å². The van der Waals surface area contributed by atoms with Gasteiger partial charge in [-0.25, -0.2) is 4.98 Å². The first-order chi connectivity index (χ1) is 9.78. The Morgan fingerprint density at radius 1 is 1.40 bits per heavy atom. The molecule has 3 N–H and O–H groups in total. The molecule has 0 saturated carbocycles. The van der Waals surface area contributed by atoms with Crippen molar-refractivity contribution in [2.45, 2.75) is 19.3 Å². The Labute approximate surface area is 122 Å². The van der Waals surface area contributed by atoms with Crippen LogP contribution in [0.1, 0.15) is 24.1 Å². The van der Waals surface area contributed by atoms with E-state index in [0.717, 1.165) is 29.1 Å². The van der Waals surface area contributed by atoms with Crippen molar-refractivity contribution in [2.24, 2.45) is 10.7 Å². The van der Waals surface area contributed by atoms with Crippen molar-refractivity contribution < 1.29 is 0 Å². The second-order valence-corrected chi connectivity index (χ2v) is 5.87. The number of nitrogens with zero attached hydrogens (tertiary/aromatic N) is 2. The maximum atomic E-state index is 5.88. The molecule has 0 unspecified atom stereocenters. The summed E-state index contributed by atoms with van der Waals surface area (Å²) in [5.41, 5.74) is 9.13. The highest BCUT2D eigenvalue weighted by Gasteiger charge is 2.15. The van der Waals surface area contributed by atoms with Gasteiger partial charge in [0, 0.05) is 24.7 Å². The normalized spacial score (nSPS) is 15.3. The third kappa shape index (κ3) is 2.54. The Morgan fingerprint density at radius 3 is 3.15 bits per heavy atom. The van der Waals surface area contributed by atoms with Crippen molar-refractivity contribution in [3.8, 4) is 10.6 Å². The van der Waals surface area contributed by atoms with Gasteiger partial charge in [-0.15, -0.1) is 0 Å². The standard InChI is InChI=1S/C15H18N4S/c1-17-13(16)10-5-4-6-11(9-10)14-19-12-7-2-3-8-18-15(12)20-14/h4-6,9,18H,2-3,7-8H2,1H3,(H2,16,17). The fourth-order valence-electron chi connectivity index (χ4n) is 2.34. The van der Waals surface area contributed by atoms with Crippen LogP contribution in [0, 0.1) is 0 Å². The number of hydrogen-bond donors (Lipinski definition) is 2. The molecule has 1 aromatic heterocycles. The van der Waals surface area contributed by atoms with E-state index in [4.69, 9.17) is 10.7 Å². The van der Waals surface area contributed by atoms with Gasteiger partial charge in [0.25, 0.3) is 0 Å². The Balaban J connectivity index is 1.97. The van der Waals surface area contributed by atoms with Gasteiger partial charge in [-0.2, -0.15) is 0 Å². The highest BCUT2D eigenvalue weighted by atomic mass is 32.1. The molecule has 0 spiro atoms. The van der Waals surface area contributed by atoms with Crippen LogP contribution in [-0.2, 0) is 6.42 Å². The second kappa shape index (κ2) is 5.63. The summed E-state index contributed by atoms with van der Waals surface area (Å²) in [4.78, 5) is 8.82. The molecule has 3 rings (SSSR count). The number of thiazole rings is 1. The van der Waals surface area contributed by atoms with E-state index in [0.29, 0.717) is 5.84 Å². The van der Waals surface area contributed by atoms with Crippen molar-refractivity contribution in [3.63, 3.8) is 0 Å². The number of aromatic nitrogens is 1. The summed E-state index contributed by atoms with van der Waals surface area (Å²) < 4.78 is 0. The van der Waals surface area contributed by atoms with Gasteiger partial charge in [0.15, 0.2) is 0 Å². The highest BCUT2D eigenvalue weighted by molar-refractivity contribution is 7.19. The predicted octanol–water partition coefficient (Wildman–Crippen LogP) is 2.89. The van der Waals surface area contributed by atoms with Crippen LogP contribution in [0.2, 0.25) is 0 Å². The van der Waals surface area contributed by atoms with E-state index in [9.17, 15) is 0 Å². The van der Waals surface area contributed by atoms with Gasteiger partial charge in [0.1, 0.15) is 15.8 Å². The maximum Gasteiger partial charge on any atom is 0.125 e. The van der Waals surface area contributed by atoms with Gasteiger partial charge in [0.2, 0.25) is 0 Å². The summed E-state index contributed by atoms with van der Waals surface area (Å²) >= 11 is 1.73. The number of hydrogen-bond acceptors (Lipinski definition) is 4. The third-order valence-electron chi connectivity index (χ3n) is 3.47. The minimum absolute atomic E-state index is 0.558. The summed E-state index contributed by atoms with van der Waals surface area (Å²) in [6, 6.07) is 8.11. The minimum atomic E-state index is 0.558. The van der Waals surface area contributed by atoms with Crippen molar-refractivity contribution in [2.75, 3.05) is 18.9 Å². The SMILES string of the molecule is CN=C(N)c1cccc(-c2nc3c(s2)NCCCC3)c1. The van der Waals surface area contributed by atoms with Gasteiger partial charge in [0.05, 0.1) is 5.69 Å². The summed E-state index contributed by atoms with van der Waals surface area (Å²) in [6.07, 6.45) is 3.49. The minimum Gasteiger partial charge on any atom is -0.384 e. The molecule has 5 heteroatoms. The fourth-order valence-corrected chi connectivity index (χ4v) is 3.38. The van der Waals surface area contributed by atoms with Crippen molar-refractivity contribution >= 4 is 22.2 Å². The summed E-state index contributed by atoms with van der Waals surface area (Å²) in [5, 5.41) is 5.74. The van der Waals surface area contributed by atoms with Crippen molar-refractivity contribution in [1.29, 1.82) is 0 Å². The largest absolute Gasteiger partial charge is 0.384 e. The molecule has 0 atom stereocenters. The fraction of sp³-hybridized carbons (Fsp3) is 0.333. The molecular formula is C15H18N4S. The Kier molecular flexibility index (Phi) is 3.69. The van der Waals surface area contributed by atoms with E-state index in [2.05, 4.69) is 22.4 Å². The lowest BCUT2D eigenvalue weighted by Gasteiger charge is -2.02. The van der Waals surface area contributed by atoms with E-state index < -0.39 is 0 Å². The quantitative estimate of drug-likeness (QED) is 0.659. The second-order valence-electron chi connectivity index (χ2n) is 4.87. The number of anilines is 1. The van der Waals surface area contributed by atoms with E-state index in [1.54, 1.807) is 18.4 Å². The number of fused-ring (bicyclic) bond motifs is 1. The van der Waals surface area contributed by atoms with Crippen LogP contribution in [0.3, 0.4) is 0 Å². The highest BCUT2D eigenvalue weighted by Crippen LogP contribution is 2.34. The first-order valence-corrected chi connectivity index (χ1v) is 7.66.